The molecule has 0 fully saturated rings. The minimum absolute atomic E-state index is 0.00994. The average Bonchev–Trinajstić information content (AvgIpc) is 3.13. The lowest BCUT2D eigenvalue weighted by molar-refractivity contribution is -0.124. The molecule has 0 saturated carbocycles. The maximum absolute atomic E-state index is 12.2. The maximum Gasteiger partial charge on any atom is 0.244 e. The second-order valence-corrected chi connectivity index (χ2v) is 7.21. The molecule has 1 aromatic carbocycles. The number of hydrogen-bond donors (Lipinski definition) is 2. The number of thiophene rings is 1. The van der Waals surface area contributed by atoms with E-state index >= 15 is 0 Å². The van der Waals surface area contributed by atoms with Crippen molar-refractivity contribution in [3.8, 4) is 0 Å². The number of carbonyl (C=O) groups is 2. The molecule has 4 nitrogen and oxygen atoms in total. The minimum atomic E-state index is -0.282. The number of nitrogens with one attached hydrogen (secondary N) is 2. The Morgan fingerprint density at radius 1 is 1.12 bits per heavy atom. The Morgan fingerprint density at radius 2 is 1.88 bits per heavy atom. The lowest BCUT2D eigenvalue weighted by atomic mass is 10.0. The molecule has 1 heterocycles. The van der Waals surface area contributed by atoms with Gasteiger partial charge in [0.15, 0.2) is 0 Å². The topological polar surface area (TPSA) is 58.2 Å². The summed E-state index contributed by atoms with van der Waals surface area (Å²) >= 11 is 1.63. The molecule has 0 spiro atoms. The Bertz CT molecular complexity index is 694. The highest BCUT2D eigenvalue weighted by molar-refractivity contribution is 7.10. The summed E-state index contributed by atoms with van der Waals surface area (Å²) in [7, 11) is 0. The van der Waals surface area contributed by atoms with E-state index in [0.717, 1.165) is 16.9 Å². The highest BCUT2D eigenvalue weighted by Gasteiger charge is 2.17. The van der Waals surface area contributed by atoms with Crippen molar-refractivity contribution in [3.63, 3.8) is 0 Å². The fraction of sp³-hybridized carbons (Fsp3) is 0.300. The summed E-state index contributed by atoms with van der Waals surface area (Å²) < 4.78 is 0. The fourth-order valence-electron chi connectivity index (χ4n) is 2.41. The van der Waals surface area contributed by atoms with Crippen LogP contribution in [0.5, 0.6) is 0 Å². The van der Waals surface area contributed by atoms with Crippen LogP contribution in [0.2, 0.25) is 0 Å². The fourth-order valence-corrected chi connectivity index (χ4v) is 3.21. The van der Waals surface area contributed by atoms with E-state index in [1.165, 1.54) is 6.08 Å². The summed E-state index contributed by atoms with van der Waals surface area (Å²) in [6.45, 7) is 4.23. The second-order valence-electron chi connectivity index (χ2n) is 6.23. The normalized spacial score (nSPS) is 12.3. The quantitative estimate of drug-likeness (QED) is 0.707. The van der Waals surface area contributed by atoms with E-state index < -0.39 is 0 Å². The maximum atomic E-state index is 12.2. The van der Waals surface area contributed by atoms with Crippen molar-refractivity contribution in [3.05, 3.63) is 64.4 Å². The van der Waals surface area contributed by atoms with Crippen molar-refractivity contribution in [2.45, 2.75) is 26.3 Å². The van der Waals surface area contributed by atoms with Crippen molar-refractivity contribution in [1.29, 1.82) is 0 Å². The molecule has 132 valence electrons. The second kappa shape index (κ2) is 9.79. The molecule has 25 heavy (non-hydrogen) atoms. The zero-order valence-corrected chi connectivity index (χ0v) is 15.4. The Morgan fingerprint density at radius 3 is 2.52 bits per heavy atom. The van der Waals surface area contributed by atoms with Gasteiger partial charge in [-0.25, -0.2) is 0 Å². The van der Waals surface area contributed by atoms with Crippen LogP contribution in [0.4, 0.5) is 0 Å². The molecule has 2 amide bonds. The molecule has 2 N–H and O–H groups in total. The van der Waals surface area contributed by atoms with Crippen LogP contribution in [0, 0.1) is 5.92 Å². The van der Waals surface area contributed by atoms with Crippen LogP contribution >= 0.6 is 11.3 Å². The van der Waals surface area contributed by atoms with Gasteiger partial charge in [-0.3, -0.25) is 9.59 Å². The predicted octanol–water partition coefficient (Wildman–Crippen LogP) is 3.78. The molecule has 0 bridgehead atoms. The van der Waals surface area contributed by atoms with Crippen LogP contribution < -0.4 is 10.6 Å². The van der Waals surface area contributed by atoms with Gasteiger partial charge in [-0.1, -0.05) is 50.2 Å². The summed E-state index contributed by atoms with van der Waals surface area (Å²) in [5, 5.41) is 7.64. The molecule has 1 atom stereocenters. The molecule has 5 heteroatoms. The van der Waals surface area contributed by atoms with Gasteiger partial charge in [0.2, 0.25) is 11.8 Å². The van der Waals surface area contributed by atoms with Gasteiger partial charge >= 0.3 is 0 Å². The molecule has 1 unspecified atom stereocenters. The van der Waals surface area contributed by atoms with Gasteiger partial charge in [0.1, 0.15) is 0 Å². The lowest BCUT2D eigenvalue weighted by Crippen LogP contribution is -2.38. The van der Waals surface area contributed by atoms with Crippen LogP contribution in [0.25, 0.3) is 6.08 Å². The van der Waals surface area contributed by atoms with Crippen molar-refractivity contribution in [1.82, 2.24) is 10.6 Å². The van der Waals surface area contributed by atoms with Gasteiger partial charge in [0.25, 0.3) is 0 Å². The zero-order valence-electron chi connectivity index (χ0n) is 14.6. The van der Waals surface area contributed by atoms with Crippen LogP contribution in [-0.4, -0.2) is 18.4 Å². The van der Waals surface area contributed by atoms with Crippen molar-refractivity contribution in [2.24, 2.45) is 5.92 Å². The van der Waals surface area contributed by atoms with Gasteiger partial charge < -0.3 is 10.6 Å². The van der Waals surface area contributed by atoms with E-state index in [9.17, 15) is 9.59 Å². The molecule has 0 aliphatic rings. The molecular formula is C20H24N2O2S. The molecule has 0 saturated heterocycles. The number of benzene rings is 1. The smallest absolute Gasteiger partial charge is 0.244 e. The molecule has 2 aromatic rings. The van der Waals surface area contributed by atoms with Gasteiger partial charge in [-0.15, -0.1) is 11.3 Å². The highest BCUT2D eigenvalue weighted by Crippen LogP contribution is 2.25. The first-order valence-electron chi connectivity index (χ1n) is 8.38. The SMILES string of the molecule is CC(C)CC(NC(=O)CNC(=O)/C=C/c1ccccc1)c1cccs1. The third-order valence-electron chi connectivity index (χ3n) is 3.58. The molecular weight excluding hydrogens is 332 g/mol. The molecule has 0 radical (unpaired) electrons. The summed E-state index contributed by atoms with van der Waals surface area (Å²) in [5.74, 6) is 0.00634. The van der Waals surface area contributed by atoms with Gasteiger partial charge in [-0.2, -0.15) is 0 Å². The first-order chi connectivity index (χ1) is 12.0. The monoisotopic (exact) mass is 356 g/mol. The molecule has 1 aromatic heterocycles. The highest BCUT2D eigenvalue weighted by atomic mass is 32.1. The van der Waals surface area contributed by atoms with Gasteiger partial charge in [0.05, 0.1) is 12.6 Å². The van der Waals surface area contributed by atoms with E-state index in [1.807, 2.05) is 47.8 Å². The minimum Gasteiger partial charge on any atom is -0.347 e. The van der Waals surface area contributed by atoms with E-state index in [0.29, 0.717) is 5.92 Å². The lowest BCUT2D eigenvalue weighted by Gasteiger charge is -2.19. The third-order valence-corrected chi connectivity index (χ3v) is 4.56. The van der Waals surface area contributed by atoms with Gasteiger partial charge in [-0.05, 0) is 35.4 Å². The molecule has 2 rings (SSSR count). The van der Waals surface area contributed by atoms with Crippen molar-refractivity contribution in [2.75, 3.05) is 6.54 Å². The van der Waals surface area contributed by atoms with Crippen LogP contribution in [-0.2, 0) is 9.59 Å². The summed E-state index contributed by atoms with van der Waals surface area (Å²) in [6.07, 6.45) is 4.03. The van der Waals surface area contributed by atoms with Gasteiger partial charge in [0, 0.05) is 11.0 Å². The van der Waals surface area contributed by atoms with Crippen molar-refractivity contribution < 1.29 is 9.59 Å². The van der Waals surface area contributed by atoms with E-state index in [1.54, 1.807) is 17.4 Å². The van der Waals surface area contributed by atoms with Crippen LogP contribution in [0.1, 0.15) is 36.8 Å². The summed E-state index contributed by atoms with van der Waals surface area (Å²) in [5.41, 5.74) is 0.941. The largest absolute Gasteiger partial charge is 0.347 e. The first-order valence-corrected chi connectivity index (χ1v) is 9.26. The van der Waals surface area contributed by atoms with Crippen LogP contribution in [0.15, 0.2) is 53.9 Å². The van der Waals surface area contributed by atoms with Crippen molar-refractivity contribution >= 4 is 29.2 Å². The number of rotatable bonds is 8. The molecule has 0 aliphatic heterocycles. The number of hydrogen-bond acceptors (Lipinski definition) is 3. The summed E-state index contributed by atoms with van der Waals surface area (Å²) in [6, 6.07) is 13.6. The van der Waals surface area contributed by atoms with Crippen LogP contribution in [0.3, 0.4) is 0 Å². The van der Waals surface area contributed by atoms with E-state index in [2.05, 4.69) is 24.5 Å². The Labute approximate surface area is 153 Å². The number of carbonyl (C=O) groups excluding carboxylic acids is 2. The Balaban J connectivity index is 1.82. The Hall–Kier alpha value is -2.40. The van der Waals surface area contributed by atoms with E-state index in [-0.39, 0.29) is 24.4 Å². The first kappa shape index (κ1) is 18.9. The van der Waals surface area contributed by atoms with E-state index in [4.69, 9.17) is 0 Å². The third kappa shape index (κ3) is 6.93. The Kier molecular flexibility index (Phi) is 7.41. The predicted molar refractivity (Wildman–Crippen MR) is 103 cm³/mol. The summed E-state index contributed by atoms with van der Waals surface area (Å²) in [4.78, 5) is 25.1. The molecule has 0 aliphatic carbocycles. The average molecular weight is 356 g/mol. The number of amides is 2. The standard InChI is InChI=1S/C20H24N2O2S/c1-15(2)13-17(18-9-6-12-25-18)22-20(24)14-21-19(23)11-10-16-7-4-3-5-8-16/h3-12,15,17H,13-14H2,1-2H3,(H,21,23)(H,22,24)/b11-10+. The zero-order chi connectivity index (χ0) is 18.1.